The van der Waals surface area contributed by atoms with E-state index >= 15 is 0 Å². The van der Waals surface area contributed by atoms with Gasteiger partial charge in [0.15, 0.2) is 0 Å². The van der Waals surface area contributed by atoms with E-state index in [-0.39, 0.29) is 10.9 Å². The second kappa shape index (κ2) is 21.5. The Morgan fingerprint density at radius 3 is 2.13 bits per heavy atom. The van der Waals surface area contributed by atoms with Gasteiger partial charge in [0.05, 0.1) is 6.61 Å². The summed E-state index contributed by atoms with van der Waals surface area (Å²) in [5.74, 6) is 1.31. The maximum absolute atomic E-state index is 11.8. The van der Waals surface area contributed by atoms with Crippen molar-refractivity contribution < 1.29 is 13.1 Å². The Labute approximate surface area is 322 Å². The number of nitrogens with zero attached hydrogens (tertiary/aromatic N) is 1. The molecule has 292 valence electrons. The van der Waals surface area contributed by atoms with Crippen molar-refractivity contribution in [2.24, 2.45) is 0 Å². The van der Waals surface area contributed by atoms with Gasteiger partial charge >= 0.3 is 0 Å². The third-order valence-corrected chi connectivity index (χ3v) is 14.5. The zero-order valence-electron chi connectivity index (χ0n) is 34.3. The van der Waals surface area contributed by atoms with E-state index in [1.54, 1.807) is 6.26 Å². The zero-order valence-corrected chi connectivity index (χ0v) is 35.9. The van der Waals surface area contributed by atoms with E-state index in [0.29, 0.717) is 18.0 Å². The van der Waals surface area contributed by atoms with Gasteiger partial charge in [0.2, 0.25) is 0 Å². The molecule has 8 heteroatoms. The lowest BCUT2D eigenvalue weighted by Gasteiger charge is -2.46. The van der Waals surface area contributed by atoms with Gasteiger partial charge in [0.25, 0.3) is 0 Å². The molecule has 6 nitrogen and oxygen atoms in total. The average molecular weight is 754 g/mol. The number of benzene rings is 3. The van der Waals surface area contributed by atoms with Gasteiger partial charge in [-0.2, -0.15) is 0 Å². The van der Waals surface area contributed by atoms with Gasteiger partial charge in [-0.25, -0.2) is 4.21 Å². The highest BCUT2D eigenvalue weighted by Gasteiger charge is 2.32. The van der Waals surface area contributed by atoms with Gasteiger partial charge in [0.1, 0.15) is 22.8 Å². The molecule has 0 aromatic heterocycles. The molecule has 0 saturated heterocycles. The number of anilines is 1. The molecule has 0 aliphatic rings. The topological polar surface area (TPSA) is 62.8 Å². The van der Waals surface area contributed by atoms with Gasteiger partial charge in [-0.15, -0.1) is 10.3 Å². The molecule has 0 heterocycles. The lowest BCUT2D eigenvalue weighted by molar-refractivity contribution is 0.170. The van der Waals surface area contributed by atoms with E-state index in [4.69, 9.17) is 8.92 Å². The first kappa shape index (κ1) is 44.0. The molecule has 0 spiro atoms. The first-order valence-corrected chi connectivity index (χ1v) is 23.4. The Balaban J connectivity index is 1.47. The standard InChI is InChI=1S/C44H71N3O3S2/c1-34(2)47(35(3)4)29-27-41(37-21-16-15-17-22-37)42-32-40(26-25-36(42)5)49-30-19-14-12-13-18-28-45-33-43(50-52(10,11)44(6,7)8)38-23-20-24-39(31-38)46-51(9)48/h15-17,20-26,31-32,34-35,41,43,45-46H,12-14,18-19,27-30,33H2,1-11H3. The summed E-state index contributed by atoms with van der Waals surface area (Å²) in [5, 5.41) is 3.68. The highest BCUT2D eigenvalue weighted by Crippen LogP contribution is 2.56. The number of hydrogen-bond donors (Lipinski definition) is 2. The van der Waals surface area contributed by atoms with Crippen LogP contribution < -0.4 is 14.8 Å². The Bertz CT molecular complexity index is 1480. The monoisotopic (exact) mass is 753 g/mol. The quantitative estimate of drug-likeness (QED) is 0.0944. The third-order valence-electron chi connectivity index (χ3n) is 10.3. The summed E-state index contributed by atoms with van der Waals surface area (Å²) in [6, 6.07) is 26.9. The van der Waals surface area contributed by atoms with Crippen LogP contribution in [0.1, 0.15) is 121 Å². The van der Waals surface area contributed by atoms with E-state index in [0.717, 1.165) is 62.5 Å². The Morgan fingerprint density at radius 2 is 1.48 bits per heavy atom. The van der Waals surface area contributed by atoms with E-state index in [1.807, 2.05) is 12.1 Å². The molecular weight excluding hydrogens is 683 g/mol. The fourth-order valence-corrected chi connectivity index (χ4v) is 8.09. The average Bonchev–Trinajstić information content (AvgIpc) is 3.07. The molecule has 0 fully saturated rings. The number of rotatable bonds is 23. The zero-order chi connectivity index (χ0) is 38.3. The van der Waals surface area contributed by atoms with Crippen LogP contribution in [0.25, 0.3) is 0 Å². The Morgan fingerprint density at radius 1 is 0.827 bits per heavy atom. The number of hydrogen-bond acceptors (Lipinski definition) is 5. The lowest BCUT2D eigenvalue weighted by atomic mass is 9.85. The van der Waals surface area contributed by atoms with Gasteiger partial charge < -0.3 is 19.0 Å². The molecule has 3 aromatic carbocycles. The van der Waals surface area contributed by atoms with Crippen molar-refractivity contribution in [2.45, 2.75) is 123 Å². The van der Waals surface area contributed by atoms with Crippen LogP contribution in [0.15, 0.2) is 72.8 Å². The minimum absolute atomic E-state index is 0.0606. The molecule has 0 radical (unpaired) electrons. The number of nitrogens with one attached hydrogen (secondary N) is 2. The summed E-state index contributed by atoms with van der Waals surface area (Å²) < 4.78 is 28.1. The highest BCUT2D eigenvalue weighted by atomic mass is 32.3. The molecule has 0 aliphatic carbocycles. The summed E-state index contributed by atoms with van der Waals surface area (Å²) in [6.07, 6.45) is 12.9. The normalized spacial score (nSPS) is 14.5. The second-order valence-electron chi connectivity index (χ2n) is 16.1. The molecule has 0 saturated carbocycles. The summed E-state index contributed by atoms with van der Waals surface area (Å²) in [6.45, 7) is 21.7. The number of aryl methyl sites for hydroxylation is 1. The van der Waals surface area contributed by atoms with Crippen molar-refractivity contribution in [3.8, 4) is 5.75 Å². The van der Waals surface area contributed by atoms with Gasteiger partial charge in [-0.3, -0.25) is 4.90 Å². The predicted molar refractivity (Wildman–Crippen MR) is 230 cm³/mol. The molecule has 3 rings (SSSR count). The largest absolute Gasteiger partial charge is 0.494 e. The maximum Gasteiger partial charge on any atom is 0.119 e. The molecule has 0 amide bonds. The predicted octanol–water partition coefficient (Wildman–Crippen LogP) is 10.8. The van der Waals surface area contributed by atoms with Crippen molar-refractivity contribution in [1.82, 2.24) is 10.2 Å². The first-order valence-electron chi connectivity index (χ1n) is 19.4. The molecule has 2 N–H and O–H groups in total. The summed E-state index contributed by atoms with van der Waals surface area (Å²) >= 11 is 0. The van der Waals surface area contributed by atoms with Crippen molar-refractivity contribution in [3.63, 3.8) is 0 Å². The second-order valence-corrected chi connectivity index (χ2v) is 21.1. The maximum atomic E-state index is 11.8. The summed E-state index contributed by atoms with van der Waals surface area (Å²) in [4.78, 5) is 2.60. The molecular formula is C44H71N3O3S2. The van der Waals surface area contributed by atoms with Crippen LogP contribution in [0.5, 0.6) is 5.75 Å². The van der Waals surface area contributed by atoms with E-state index in [9.17, 15) is 4.21 Å². The van der Waals surface area contributed by atoms with Crippen molar-refractivity contribution in [3.05, 3.63) is 95.1 Å². The smallest absolute Gasteiger partial charge is 0.119 e. The summed E-state index contributed by atoms with van der Waals surface area (Å²) in [7, 11) is -2.45. The molecule has 3 aromatic rings. The molecule has 0 aliphatic heterocycles. The fraction of sp³-hybridized carbons (Fsp3) is 0.591. The number of ether oxygens (including phenoxy) is 1. The SMILES string of the molecule is Cc1ccc(OCCCCCCCNCC(OS(C)(C)C(C)(C)C)c2cccc(NS(C)=O)c2)cc1C(CCN(C(C)C)C(C)C)c1ccccc1. The molecule has 0 bridgehead atoms. The highest BCUT2D eigenvalue weighted by molar-refractivity contribution is 8.29. The van der Waals surface area contributed by atoms with Crippen molar-refractivity contribution >= 4 is 27.0 Å². The molecule has 3 atom stereocenters. The third kappa shape index (κ3) is 14.5. The first-order chi connectivity index (χ1) is 24.6. The number of unbranched alkanes of at least 4 members (excludes halogenated alkanes) is 4. The van der Waals surface area contributed by atoms with Crippen LogP contribution in [-0.4, -0.2) is 70.9 Å². The van der Waals surface area contributed by atoms with Crippen LogP contribution in [-0.2, 0) is 15.2 Å². The van der Waals surface area contributed by atoms with Crippen molar-refractivity contribution in [2.75, 3.05) is 49.7 Å². The van der Waals surface area contributed by atoms with Crippen LogP contribution >= 0.6 is 10.3 Å². The van der Waals surface area contributed by atoms with Crippen LogP contribution in [0.2, 0.25) is 0 Å². The van der Waals surface area contributed by atoms with Crippen LogP contribution in [0.3, 0.4) is 0 Å². The Hall–Kier alpha value is -2.36. The van der Waals surface area contributed by atoms with E-state index < -0.39 is 21.3 Å². The minimum Gasteiger partial charge on any atom is -0.494 e. The van der Waals surface area contributed by atoms with Crippen LogP contribution in [0.4, 0.5) is 5.69 Å². The Kier molecular flexibility index (Phi) is 18.2. The van der Waals surface area contributed by atoms with Gasteiger partial charge in [0, 0.05) is 41.2 Å². The van der Waals surface area contributed by atoms with Gasteiger partial charge in [-0.05, 0) is 126 Å². The molecule has 52 heavy (non-hydrogen) atoms. The van der Waals surface area contributed by atoms with Crippen LogP contribution in [0, 0.1) is 6.92 Å². The summed E-state index contributed by atoms with van der Waals surface area (Å²) in [5.41, 5.74) is 6.04. The van der Waals surface area contributed by atoms with Gasteiger partial charge in [-0.1, -0.05) is 88.6 Å². The van der Waals surface area contributed by atoms with E-state index in [1.165, 1.54) is 36.0 Å². The van der Waals surface area contributed by atoms with Crippen molar-refractivity contribution in [1.29, 1.82) is 0 Å². The van der Waals surface area contributed by atoms with E-state index in [2.05, 4.69) is 144 Å². The minimum atomic E-state index is -1.33. The fourth-order valence-electron chi connectivity index (χ4n) is 6.58. The molecule has 3 unspecified atom stereocenters. The lowest BCUT2D eigenvalue weighted by Crippen LogP contribution is -2.38.